The van der Waals surface area contributed by atoms with E-state index in [4.69, 9.17) is 39.9 Å². The topological polar surface area (TPSA) is 83.5 Å². The first-order valence-corrected chi connectivity index (χ1v) is 8.34. The minimum Gasteiger partial charge on any atom is -0.465 e. The van der Waals surface area contributed by atoms with Crippen LogP contribution in [-0.4, -0.2) is 19.6 Å². The average molecular weight is 381 g/mol. The maximum Gasteiger partial charge on any atom is 0.409 e. The van der Waals surface area contributed by atoms with Crippen molar-refractivity contribution in [3.05, 3.63) is 51.5 Å². The van der Waals surface area contributed by atoms with Crippen LogP contribution in [0.3, 0.4) is 0 Å². The van der Waals surface area contributed by atoms with E-state index in [9.17, 15) is 13.2 Å². The summed E-state index contributed by atoms with van der Waals surface area (Å²) >= 11 is 17.6. The van der Waals surface area contributed by atoms with Gasteiger partial charge in [0, 0.05) is 5.69 Å². The molecule has 0 aliphatic rings. The maximum absolute atomic E-state index is 12.5. The van der Waals surface area contributed by atoms with E-state index in [0.29, 0.717) is 0 Å². The van der Waals surface area contributed by atoms with Gasteiger partial charge in [0.15, 0.2) is 0 Å². The van der Waals surface area contributed by atoms with Crippen LogP contribution in [0.25, 0.3) is 0 Å². The van der Waals surface area contributed by atoms with E-state index in [2.05, 4.69) is 5.32 Å². The number of hydrogen-bond acceptors (Lipinski definition) is 3. The van der Waals surface area contributed by atoms with Gasteiger partial charge in [0.25, 0.3) is 0 Å². The lowest BCUT2D eigenvalue weighted by Gasteiger charge is -2.09. The summed E-state index contributed by atoms with van der Waals surface area (Å²) in [6.07, 6.45) is -1.25. The highest BCUT2D eigenvalue weighted by molar-refractivity contribution is 7.91. The predicted molar refractivity (Wildman–Crippen MR) is 85.0 cm³/mol. The number of hydrogen-bond donors (Lipinski definition) is 2. The molecule has 2 N–H and O–H groups in total. The molecule has 22 heavy (non-hydrogen) atoms. The molecular weight excluding hydrogens is 373 g/mol. The first-order valence-electron chi connectivity index (χ1n) is 5.72. The van der Waals surface area contributed by atoms with Crippen molar-refractivity contribution in [2.75, 3.05) is 5.32 Å². The summed E-state index contributed by atoms with van der Waals surface area (Å²) in [7, 11) is -3.90. The Labute approximate surface area is 141 Å². The van der Waals surface area contributed by atoms with Gasteiger partial charge in [-0.2, -0.15) is 0 Å². The fraction of sp³-hybridized carbons (Fsp3) is 0. The van der Waals surface area contributed by atoms with Crippen molar-refractivity contribution >= 4 is 56.4 Å². The maximum atomic E-state index is 12.5. The predicted octanol–water partition coefficient (Wildman–Crippen LogP) is 4.57. The number of rotatable bonds is 3. The first kappa shape index (κ1) is 16.9. The van der Waals surface area contributed by atoms with Gasteiger partial charge in [-0.15, -0.1) is 0 Å². The highest BCUT2D eigenvalue weighted by Crippen LogP contribution is 2.37. The third kappa shape index (κ3) is 3.30. The number of sulfone groups is 1. The van der Waals surface area contributed by atoms with E-state index in [-0.39, 0.29) is 30.5 Å². The van der Waals surface area contributed by atoms with Crippen LogP contribution in [0.2, 0.25) is 15.1 Å². The molecule has 0 heterocycles. The van der Waals surface area contributed by atoms with Crippen molar-refractivity contribution in [2.24, 2.45) is 0 Å². The molecule has 2 rings (SSSR count). The Bertz CT molecular complexity index is 835. The second kappa shape index (κ2) is 6.34. The lowest BCUT2D eigenvalue weighted by atomic mass is 10.3. The molecule has 116 valence electrons. The molecule has 2 aromatic carbocycles. The summed E-state index contributed by atoms with van der Waals surface area (Å²) in [5.41, 5.74) is 0.242. The molecule has 0 fully saturated rings. The van der Waals surface area contributed by atoms with E-state index in [1.165, 1.54) is 36.4 Å². The van der Waals surface area contributed by atoms with Crippen LogP contribution in [0.1, 0.15) is 0 Å². The van der Waals surface area contributed by atoms with E-state index >= 15 is 0 Å². The number of carboxylic acid groups (broad SMARTS) is 1. The van der Waals surface area contributed by atoms with Crippen molar-refractivity contribution < 1.29 is 18.3 Å². The van der Waals surface area contributed by atoms with E-state index < -0.39 is 15.9 Å². The van der Waals surface area contributed by atoms with Gasteiger partial charge in [0.2, 0.25) is 9.84 Å². The lowest BCUT2D eigenvalue weighted by Crippen LogP contribution is -2.08. The van der Waals surface area contributed by atoms with Gasteiger partial charge in [-0.05, 0) is 36.4 Å². The lowest BCUT2D eigenvalue weighted by molar-refractivity contribution is 0.209. The largest absolute Gasteiger partial charge is 0.465 e. The summed E-state index contributed by atoms with van der Waals surface area (Å²) < 4.78 is 25.1. The monoisotopic (exact) mass is 379 g/mol. The average Bonchev–Trinajstić information content (AvgIpc) is 2.44. The quantitative estimate of drug-likeness (QED) is 0.764. The van der Waals surface area contributed by atoms with Crippen molar-refractivity contribution in [2.45, 2.75) is 9.79 Å². The molecule has 0 saturated heterocycles. The number of anilines is 1. The summed E-state index contributed by atoms with van der Waals surface area (Å²) in [4.78, 5) is 10.3. The molecule has 0 aromatic heterocycles. The summed E-state index contributed by atoms with van der Waals surface area (Å²) in [5, 5.41) is 10.6. The van der Waals surface area contributed by atoms with Crippen molar-refractivity contribution in [1.82, 2.24) is 0 Å². The van der Waals surface area contributed by atoms with Crippen LogP contribution < -0.4 is 5.32 Å². The van der Waals surface area contributed by atoms with Gasteiger partial charge in [0.05, 0.1) is 24.9 Å². The molecule has 0 radical (unpaired) electrons. The van der Waals surface area contributed by atoms with Gasteiger partial charge < -0.3 is 5.11 Å². The third-order valence-electron chi connectivity index (χ3n) is 2.71. The van der Waals surface area contributed by atoms with E-state index in [0.717, 1.165) is 0 Å². The number of halogens is 3. The minimum absolute atomic E-state index is 0.0476. The van der Waals surface area contributed by atoms with Crippen LogP contribution in [0, 0.1) is 0 Å². The molecule has 0 atom stereocenters. The molecule has 0 aliphatic heterocycles. The molecule has 0 aliphatic carbocycles. The number of benzene rings is 2. The number of amides is 1. The Balaban J connectivity index is 2.47. The highest BCUT2D eigenvalue weighted by atomic mass is 35.5. The smallest absolute Gasteiger partial charge is 0.409 e. The summed E-state index contributed by atoms with van der Waals surface area (Å²) in [6, 6.07) is 7.77. The number of nitrogens with one attached hydrogen (secondary N) is 1. The Morgan fingerprint density at radius 2 is 1.55 bits per heavy atom. The standard InChI is InChI=1S/C13H8Cl3NO4S/c14-9-5-6-10(12(16)11(9)15)22(20,21)8-3-1-7(2-4-8)17-13(18)19/h1-6,17H,(H,18,19). The Morgan fingerprint density at radius 1 is 0.955 bits per heavy atom. The van der Waals surface area contributed by atoms with Crippen molar-refractivity contribution in [3.8, 4) is 0 Å². The molecular formula is C13H8Cl3NO4S. The molecule has 0 saturated carbocycles. The van der Waals surface area contributed by atoms with Crippen LogP contribution in [0.15, 0.2) is 46.2 Å². The van der Waals surface area contributed by atoms with Crippen LogP contribution >= 0.6 is 34.8 Å². The van der Waals surface area contributed by atoms with Crippen LogP contribution in [0.4, 0.5) is 10.5 Å². The molecule has 2 aromatic rings. The SMILES string of the molecule is O=C(O)Nc1ccc(S(=O)(=O)c2ccc(Cl)c(Cl)c2Cl)cc1. The number of carbonyl (C=O) groups is 1. The second-order valence-electron chi connectivity index (χ2n) is 4.13. The van der Waals surface area contributed by atoms with Crippen molar-refractivity contribution in [3.63, 3.8) is 0 Å². The van der Waals surface area contributed by atoms with Crippen molar-refractivity contribution in [1.29, 1.82) is 0 Å². The van der Waals surface area contributed by atoms with Gasteiger partial charge in [-0.1, -0.05) is 34.8 Å². The van der Waals surface area contributed by atoms with Crippen LogP contribution in [0.5, 0.6) is 0 Å². The second-order valence-corrected chi connectivity index (χ2v) is 7.21. The normalized spacial score (nSPS) is 11.2. The molecule has 0 unspecified atom stereocenters. The van der Waals surface area contributed by atoms with Gasteiger partial charge in [-0.3, -0.25) is 5.32 Å². The molecule has 9 heteroatoms. The molecule has 0 bridgehead atoms. The Hall–Kier alpha value is -1.47. The zero-order valence-corrected chi connectivity index (χ0v) is 13.8. The zero-order valence-electron chi connectivity index (χ0n) is 10.7. The van der Waals surface area contributed by atoms with E-state index in [1.54, 1.807) is 0 Å². The Morgan fingerprint density at radius 3 is 2.09 bits per heavy atom. The van der Waals surface area contributed by atoms with Gasteiger partial charge in [0.1, 0.15) is 0 Å². The Kier molecular flexibility index (Phi) is 4.87. The fourth-order valence-electron chi connectivity index (χ4n) is 1.68. The van der Waals surface area contributed by atoms with Crippen LogP contribution in [-0.2, 0) is 9.84 Å². The minimum atomic E-state index is -3.90. The zero-order chi connectivity index (χ0) is 16.5. The summed E-state index contributed by atoms with van der Waals surface area (Å²) in [5.74, 6) is 0. The first-order chi connectivity index (χ1) is 10.2. The fourth-order valence-corrected chi connectivity index (χ4v) is 3.91. The molecule has 0 spiro atoms. The van der Waals surface area contributed by atoms with E-state index in [1.807, 2.05) is 0 Å². The molecule has 1 amide bonds. The third-order valence-corrected chi connectivity index (χ3v) is 5.92. The van der Waals surface area contributed by atoms with Gasteiger partial charge >= 0.3 is 6.09 Å². The van der Waals surface area contributed by atoms with Gasteiger partial charge in [-0.25, -0.2) is 13.2 Å². The summed E-state index contributed by atoms with van der Waals surface area (Å²) in [6.45, 7) is 0. The highest BCUT2D eigenvalue weighted by Gasteiger charge is 2.23. The molecule has 5 nitrogen and oxygen atoms in total.